The van der Waals surface area contributed by atoms with Gasteiger partial charge in [-0.3, -0.25) is 24.0 Å². The van der Waals surface area contributed by atoms with Crippen LogP contribution in [0.4, 0.5) is 4.79 Å². The molecule has 74 heavy (non-hydrogen) atoms. The fourth-order valence-electron chi connectivity index (χ4n) is 2.19. The van der Waals surface area contributed by atoms with Crippen molar-refractivity contribution in [2.75, 3.05) is 33.4 Å². The molecule has 0 heterocycles. The van der Waals surface area contributed by atoms with Crippen LogP contribution in [0.5, 0.6) is 0 Å². The van der Waals surface area contributed by atoms with Gasteiger partial charge < -0.3 is 75.5 Å². The maximum atomic E-state index is 10.6. The molecule has 0 rings (SSSR count). The van der Waals surface area contributed by atoms with Crippen molar-refractivity contribution in [3.05, 3.63) is 0 Å². The topological polar surface area (TPSA) is 351 Å². The van der Waals surface area contributed by atoms with Crippen molar-refractivity contribution in [2.45, 2.75) is 268 Å². The van der Waals surface area contributed by atoms with Gasteiger partial charge in [-0.1, -0.05) is 76.2 Å². The Hall–Kier alpha value is -3.66. The summed E-state index contributed by atoms with van der Waals surface area (Å²) in [6.45, 7) is 61.9. The zero-order chi connectivity index (χ0) is 63.0. The van der Waals surface area contributed by atoms with Crippen molar-refractivity contribution in [1.29, 1.82) is 0 Å². The average molecular weight is 1080 g/mol. The molecule has 0 saturated carbocycles. The molecule has 0 fully saturated rings. The van der Waals surface area contributed by atoms with Crippen LogP contribution < -0.4 is 60.2 Å². The maximum absolute atomic E-state index is 10.6. The first-order valence-electron chi connectivity index (χ1n) is 25.9. The Morgan fingerprint density at radius 1 is 0.581 bits per heavy atom. The zero-order valence-corrected chi connectivity index (χ0v) is 54.1. The highest BCUT2D eigenvalue weighted by Crippen LogP contribution is 2.08. The van der Waals surface area contributed by atoms with Crippen LogP contribution in [-0.4, -0.2) is 138 Å². The number of nitrogens with one attached hydrogen (secondary N) is 7. The van der Waals surface area contributed by atoms with Gasteiger partial charge in [-0.05, 0) is 163 Å². The van der Waals surface area contributed by atoms with Gasteiger partial charge in [0.15, 0.2) is 0 Å². The second-order valence-corrected chi connectivity index (χ2v) is 23.6. The number of aliphatic hydroxyl groups is 3. The Kier molecular flexibility index (Phi) is 85.4. The first kappa shape index (κ1) is 99.4. The molecule has 0 aliphatic carbocycles. The number of carbonyl (C=O) groups is 6. The second-order valence-electron chi connectivity index (χ2n) is 23.6. The number of carbonyl (C=O) groups excluding carboxylic acids is 6. The van der Waals surface area contributed by atoms with Gasteiger partial charge in [0.25, 0.3) is 0 Å². The van der Waals surface area contributed by atoms with E-state index in [4.69, 9.17) is 38.3 Å². The number of rotatable bonds is 10. The summed E-state index contributed by atoms with van der Waals surface area (Å²) in [5, 5.41) is 43.6. The third-order valence-corrected chi connectivity index (χ3v) is 5.01. The van der Waals surface area contributed by atoms with Gasteiger partial charge in [0.05, 0.1) is 6.54 Å². The highest BCUT2D eigenvalue weighted by Gasteiger charge is 2.11. The first-order chi connectivity index (χ1) is 32.6. The van der Waals surface area contributed by atoms with Crippen molar-refractivity contribution < 1.29 is 44.1 Å². The van der Waals surface area contributed by atoms with E-state index in [0.29, 0.717) is 41.5 Å². The van der Waals surface area contributed by atoms with Gasteiger partial charge in [-0.25, -0.2) is 4.79 Å². The van der Waals surface area contributed by atoms with Crippen LogP contribution in [0.2, 0.25) is 0 Å². The molecule has 18 N–H and O–H groups in total. The summed E-state index contributed by atoms with van der Waals surface area (Å²) in [7, 11) is 1.96. The van der Waals surface area contributed by atoms with E-state index in [2.05, 4.69) is 113 Å². The van der Waals surface area contributed by atoms with E-state index in [-0.39, 0.29) is 71.9 Å². The smallest absolute Gasteiger partial charge is 0.312 e. The monoisotopic (exact) mass is 1080 g/mol. The molecule has 0 unspecified atom stereocenters. The van der Waals surface area contributed by atoms with Crippen LogP contribution in [0.3, 0.4) is 0 Å². The lowest BCUT2D eigenvalue weighted by atomic mass is 10.0. The molecule has 0 saturated heterocycles. The van der Waals surface area contributed by atoms with Gasteiger partial charge in [0.1, 0.15) is 6.61 Å². The molecule has 0 bridgehead atoms. The van der Waals surface area contributed by atoms with Gasteiger partial charge in [0.2, 0.25) is 30.0 Å². The van der Waals surface area contributed by atoms with Gasteiger partial charge in [-0.15, -0.1) is 0 Å². The summed E-state index contributed by atoms with van der Waals surface area (Å²) < 4.78 is 0. The quantitative estimate of drug-likeness (QED) is 0.111. The molecule has 0 aliphatic heterocycles. The van der Waals surface area contributed by atoms with E-state index in [0.717, 1.165) is 6.54 Å². The standard InChI is InChI=1S/C6H14N2O.C6H15N.C5H11NO2.C5H11NO.C5H13N.C5H12.C4H10N2O.2C4H9NO.C4H10O.C3H9N.C3H8O/c1-6(2,3)8-5(9)4-7;1-5-7-6(2,3)4;1-4(2)6-5(8)3-7;1-4(2)6-5(3)7;1-5(2,3)6-4;1-5(2,3)4;1-3(2)6-4(5)7;1-4(2)5-3-6;1-3(2)4(5)6;1-4(2)3-5;2*1-3(2)4/h4,7H2,1-3H3,(H,8,9);7H,5H2,1-4H3;4,7H,3H2,1-2H3,(H,6,8);4H,1-3H3,(H,6,7);6H,1-4H3;1-4H3;3H,1-2H3,(H3,5,6,7);3-4H,1-2H3,(H,5,6);3H,1-2H3,(H2,5,6);4-5H,3H2,1-2H3;3H,4H2,1-2H3;3-4H,1-2H3. The van der Waals surface area contributed by atoms with E-state index in [1.807, 2.05) is 111 Å². The molecule has 0 aromatic rings. The van der Waals surface area contributed by atoms with Crippen molar-refractivity contribution in [3.8, 4) is 0 Å². The molecule has 0 spiro atoms. The lowest BCUT2D eigenvalue weighted by molar-refractivity contribution is -0.124. The molecule has 0 radical (unpaired) electrons. The largest absolute Gasteiger partial charge is 0.396 e. The fourth-order valence-corrected chi connectivity index (χ4v) is 2.19. The Labute approximate surface area is 457 Å². The van der Waals surface area contributed by atoms with Crippen LogP contribution in [-0.2, 0) is 24.0 Å². The molecule has 0 aromatic carbocycles. The molecule has 20 heteroatoms. The Morgan fingerprint density at radius 2 is 0.865 bits per heavy atom. The summed E-state index contributed by atoms with van der Waals surface area (Å²) in [6, 6.07) is 0.696. The SMILES string of the molecule is CC(=O)NC(C)C.CC(C)(C)C.CC(C)(C)NC(=O)CN.CC(C)C(N)=O.CC(C)CO.CC(C)N.CC(C)NC(=O)CO.CC(C)NC(N)=O.CC(C)NC=O.CC(C)O.CCNC(C)(C)C.CNC(C)(C)C. The molecule has 0 atom stereocenters. The van der Waals surface area contributed by atoms with Crippen LogP contribution >= 0.6 is 0 Å². The molecule has 0 aromatic heterocycles. The van der Waals surface area contributed by atoms with E-state index < -0.39 is 12.6 Å². The number of nitrogens with two attached hydrogens (primary N) is 4. The summed E-state index contributed by atoms with van der Waals surface area (Å²) in [5.41, 5.74) is 20.7. The molecule has 456 valence electrons. The predicted octanol–water partition coefficient (Wildman–Crippen LogP) is 6.05. The Balaban J connectivity index is -0.0000000570. The van der Waals surface area contributed by atoms with E-state index >= 15 is 0 Å². The predicted molar refractivity (Wildman–Crippen MR) is 318 cm³/mol. The van der Waals surface area contributed by atoms with Crippen LogP contribution in [0, 0.1) is 17.3 Å². The Bertz CT molecular complexity index is 1170. The number of hydrogen-bond acceptors (Lipinski definition) is 13. The van der Waals surface area contributed by atoms with Crippen molar-refractivity contribution in [3.63, 3.8) is 0 Å². The van der Waals surface area contributed by atoms with Crippen molar-refractivity contribution in [2.24, 2.45) is 40.2 Å². The molecular formula is C54H131N11O9. The summed E-state index contributed by atoms with van der Waals surface area (Å²) in [6.07, 6.45) is 0.532. The number of amides is 7. The molecule has 20 nitrogen and oxygen atoms in total. The van der Waals surface area contributed by atoms with Crippen molar-refractivity contribution >= 4 is 36.1 Å². The summed E-state index contributed by atoms with van der Waals surface area (Å²) in [5.74, 6) is -0.201. The van der Waals surface area contributed by atoms with Gasteiger partial charge >= 0.3 is 6.03 Å². The van der Waals surface area contributed by atoms with Gasteiger partial charge in [0, 0.05) is 66.3 Å². The minimum Gasteiger partial charge on any atom is -0.396 e. The first-order valence-corrected chi connectivity index (χ1v) is 25.9. The highest BCUT2D eigenvalue weighted by molar-refractivity contribution is 5.78. The molecule has 0 aliphatic rings. The number of aliphatic hydroxyl groups excluding tert-OH is 3. The Morgan fingerprint density at radius 3 is 0.892 bits per heavy atom. The molecule has 7 amide bonds. The number of primary amides is 2. The number of hydrogen-bond donors (Lipinski definition) is 14. The third kappa shape index (κ3) is 279. The summed E-state index contributed by atoms with van der Waals surface area (Å²) >= 11 is 0. The third-order valence-electron chi connectivity index (χ3n) is 5.01. The molecular weight excluding hydrogens is 947 g/mol. The van der Waals surface area contributed by atoms with Crippen molar-refractivity contribution in [1.82, 2.24) is 37.2 Å². The summed E-state index contributed by atoms with van der Waals surface area (Å²) in [4.78, 5) is 60.3. The van der Waals surface area contributed by atoms with Crippen LogP contribution in [0.1, 0.15) is 215 Å². The second kappa shape index (κ2) is 63.6. The normalized spacial score (nSPS) is 10.1. The van der Waals surface area contributed by atoms with E-state index in [1.54, 1.807) is 27.7 Å². The fraction of sp³-hybridized carbons (Fsp3) is 0.889. The lowest BCUT2D eigenvalue weighted by Gasteiger charge is -2.19. The van der Waals surface area contributed by atoms with Crippen LogP contribution in [0.25, 0.3) is 0 Å². The lowest BCUT2D eigenvalue weighted by Crippen LogP contribution is -2.43. The number of urea groups is 1. The minimum absolute atomic E-state index is 0.00926. The average Bonchev–Trinajstić information content (AvgIpc) is 3.13. The van der Waals surface area contributed by atoms with E-state index in [9.17, 15) is 28.8 Å². The van der Waals surface area contributed by atoms with E-state index in [1.165, 1.54) is 6.92 Å². The zero-order valence-electron chi connectivity index (χ0n) is 54.1. The maximum Gasteiger partial charge on any atom is 0.312 e. The van der Waals surface area contributed by atoms with Gasteiger partial charge in [-0.2, -0.15) is 0 Å². The minimum atomic E-state index is -0.463. The van der Waals surface area contributed by atoms with Crippen LogP contribution in [0.15, 0.2) is 0 Å². The highest BCUT2D eigenvalue weighted by atomic mass is 16.3.